The minimum absolute atomic E-state index is 0.0578. The van der Waals surface area contributed by atoms with Crippen LogP contribution in [0.15, 0.2) is 29.4 Å². The molecule has 0 saturated carbocycles. The zero-order chi connectivity index (χ0) is 19.5. The maximum absolute atomic E-state index is 13.1. The first-order chi connectivity index (χ1) is 12.1. The second-order valence-electron chi connectivity index (χ2n) is 6.48. The average molecular weight is 419 g/mol. The molecule has 0 aliphatic rings. The third kappa shape index (κ3) is 5.20. The van der Waals surface area contributed by atoms with E-state index in [-0.39, 0.29) is 11.6 Å². The highest BCUT2D eigenvalue weighted by Gasteiger charge is 2.27. The highest BCUT2D eigenvalue weighted by atomic mass is 35.5. The highest BCUT2D eigenvalue weighted by Crippen LogP contribution is 2.25. The Labute approximate surface area is 165 Å². The van der Waals surface area contributed by atoms with Gasteiger partial charge >= 0.3 is 0 Å². The molecule has 0 unspecified atom stereocenters. The van der Waals surface area contributed by atoms with Crippen molar-refractivity contribution in [2.45, 2.75) is 24.9 Å². The maximum Gasteiger partial charge on any atom is 0.262 e. The molecule has 0 N–H and O–H groups in total. The predicted octanol–water partition coefficient (Wildman–Crippen LogP) is 3.18. The van der Waals surface area contributed by atoms with Crippen molar-refractivity contribution in [2.24, 2.45) is 7.05 Å². The second kappa shape index (κ2) is 8.71. The Morgan fingerprint density at radius 2 is 1.85 bits per heavy atom. The number of aromatic nitrogens is 2. The van der Waals surface area contributed by atoms with Gasteiger partial charge < -0.3 is 9.47 Å². The molecule has 1 aromatic heterocycles. The fraction of sp³-hybridized carbons (Fsp3) is 0.471. The van der Waals surface area contributed by atoms with E-state index in [4.69, 9.17) is 23.2 Å². The second-order valence-corrected chi connectivity index (χ2v) is 9.18. The molecule has 0 amide bonds. The summed E-state index contributed by atoms with van der Waals surface area (Å²) in [6.07, 6.45) is 2.25. The van der Waals surface area contributed by atoms with Gasteiger partial charge in [0.25, 0.3) is 10.0 Å². The van der Waals surface area contributed by atoms with Gasteiger partial charge in [-0.3, -0.25) is 0 Å². The van der Waals surface area contributed by atoms with Crippen molar-refractivity contribution in [3.8, 4) is 0 Å². The molecule has 9 heteroatoms. The third-order valence-corrected chi connectivity index (χ3v) is 6.50. The van der Waals surface area contributed by atoms with Gasteiger partial charge in [0.1, 0.15) is 5.82 Å². The summed E-state index contributed by atoms with van der Waals surface area (Å²) in [5, 5.41) is 0.906. The molecular formula is C17H24Cl2N4O2S. The van der Waals surface area contributed by atoms with Crippen molar-refractivity contribution >= 4 is 33.2 Å². The lowest BCUT2D eigenvalue weighted by Gasteiger charge is -2.22. The molecule has 0 fully saturated rings. The van der Waals surface area contributed by atoms with Crippen molar-refractivity contribution in [2.75, 3.05) is 27.2 Å². The van der Waals surface area contributed by atoms with E-state index in [0.29, 0.717) is 28.8 Å². The van der Waals surface area contributed by atoms with Crippen LogP contribution in [0.1, 0.15) is 17.8 Å². The molecule has 2 rings (SSSR count). The molecule has 0 bridgehead atoms. The summed E-state index contributed by atoms with van der Waals surface area (Å²) >= 11 is 12.0. The van der Waals surface area contributed by atoms with Crippen LogP contribution >= 0.6 is 23.2 Å². The Bertz CT molecular complexity index is 846. The van der Waals surface area contributed by atoms with Gasteiger partial charge in [0.15, 0.2) is 5.03 Å². The molecular weight excluding hydrogens is 395 g/mol. The van der Waals surface area contributed by atoms with Crippen LogP contribution in [0.2, 0.25) is 10.0 Å². The summed E-state index contributed by atoms with van der Waals surface area (Å²) in [5.74, 6) is 0.645. The fourth-order valence-electron chi connectivity index (χ4n) is 2.47. The largest absolute Gasteiger partial charge is 0.337 e. The zero-order valence-corrected chi connectivity index (χ0v) is 17.7. The molecule has 0 spiro atoms. The summed E-state index contributed by atoms with van der Waals surface area (Å²) in [4.78, 5) is 6.22. The lowest BCUT2D eigenvalue weighted by molar-refractivity contribution is 0.346. The first-order valence-electron chi connectivity index (χ1n) is 8.20. The number of aryl methyl sites for hydroxylation is 2. The van der Waals surface area contributed by atoms with Crippen LogP contribution in [0, 0.1) is 6.92 Å². The van der Waals surface area contributed by atoms with Gasteiger partial charge in [-0.1, -0.05) is 29.3 Å². The number of rotatable bonds is 8. The van der Waals surface area contributed by atoms with Gasteiger partial charge in [-0.25, -0.2) is 13.4 Å². The van der Waals surface area contributed by atoms with E-state index < -0.39 is 10.0 Å². The van der Waals surface area contributed by atoms with E-state index in [0.717, 1.165) is 12.1 Å². The Morgan fingerprint density at radius 1 is 1.15 bits per heavy atom. The van der Waals surface area contributed by atoms with Gasteiger partial charge in [-0.05, 0) is 51.7 Å². The third-order valence-electron chi connectivity index (χ3n) is 4.05. The molecule has 0 saturated heterocycles. The number of hydrogen-bond donors (Lipinski definition) is 0. The van der Waals surface area contributed by atoms with Gasteiger partial charge in [0.05, 0.1) is 10.0 Å². The monoisotopic (exact) mass is 418 g/mol. The van der Waals surface area contributed by atoms with Gasteiger partial charge in [0.2, 0.25) is 0 Å². The molecule has 144 valence electrons. The number of imidazole rings is 1. The van der Waals surface area contributed by atoms with Crippen molar-refractivity contribution in [3.63, 3.8) is 0 Å². The lowest BCUT2D eigenvalue weighted by Crippen LogP contribution is -2.33. The minimum atomic E-state index is -3.72. The zero-order valence-electron chi connectivity index (χ0n) is 15.4. The molecule has 6 nitrogen and oxygen atoms in total. The molecule has 26 heavy (non-hydrogen) atoms. The van der Waals surface area contributed by atoms with Crippen molar-refractivity contribution in [3.05, 3.63) is 45.8 Å². The molecule has 2 aromatic rings. The van der Waals surface area contributed by atoms with E-state index in [1.54, 1.807) is 42.9 Å². The van der Waals surface area contributed by atoms with Crippen LogP contribution in [0.25, 0.3) is 0 Å². The molecule has 1 heterocycles. The van der Waals surface area contributed by atoms with E-state index in [9.17, 15) is 8.42 Å². The van der Waals surface area contributed by atoms with Crippen LogP contribution in [0.3, 0.4) is 0 Å². The Hall–Kier alpha value is -1.12. The summed E-state index contributed by atoms with van der Waals surface area (Å²) in [7, 11) is 1.98. The Balaban J connectivity index is 2.31. The SMILES string of the molecule is Cc1nc(S(=O)(=O)N(CCCN(C)C)Cc2ccc(Cl)c(Cl)c2)cn1C. The summed E-state index contributed by atoms with van der Waals surface area (Å²) in [6.45, 7) is 3.15. The summed E-state index contributed by atoms with van der Waals surface area (Å²) in [6, 6.07) is 5.16. The number of hydrogen-bond acceptors (Lipinski definition) is 4. The minimum Gasteiger partial charge on any atom is -0.337 e. The van der Waals surface area contributed by atoms with Gasteiger partial charge in [-0.2, -0.15) is 4.31 Å². The number of sulfonamides is 1. The average Bonchev–Trinajstić information content (AvgIpc) is 2.89. The van der Waals surface area contributed by atoms with Crippen molar-refractivity contribution < 1.29 is 8.42 Å². The highest BCUT2D eigenvalue weighted by molar-refractivity contribution is 7.89. The first-order valence-corrected chi connectivity index (χ1v) is 10.4. The van der Waals surface area contributed by atoms with Gasteiger partial charge in [0, 0.05) is 26.3 Å². The lowest BCUT2D eigenvalue weighted by atomic mass is 10.2. The maximum atomic E-state index is 13.1. The Kier molecular flexibility index (Phi) is 7.10. The van der Waals surface area contributed by atoms with Crippen LogP contribution in [0.4, 0.5) is 0 Å². The van der Waals surface area contributed by atoms with E-state index in [1.165, 1.54) is 4.31 Å². The van der Waals surface area contributed by atoms with Gasteiger partial charge in [-0.15, -0.1) is 0 Å². The van der Waals surface area contributed by atoms with Crippen molar-refractivity contribution in [1.82, 2.24) is 18.8 Å². The van der Waals surface area contributed by atoms with E-state index in [2.05, 4.69) is 4.98 Å². The Morgan fingerprint density at radius 3 is 2.38 bits per heavy atom. The normalized spacial score (nSPS) is 12.3. The smallest absolute Gasteiger partial charge is 0.262 e. The first kappa shape index (κ1) is 21.2. The predicted molar refractivity (Wildman–Crippen MR) is 105 cm³/mol. The van der Waals surface area contributed by atoms with Crippen LogP contribution < -0.4 is 0 Å². The topological polar surface area (TPSA) is 58.4 Å². The number of nitrogens with zero attached hydrogens (tertiary/aromatic N) is 4. The summed E-state index contributed by atoms with van der Waals surface area (Å²) < 4.78 is 29.4. The van der Waals surface area contributed by atoms with Crippen LogP contribution in [-0.2, 0) is 23.6 Å². The van der Waals surface area contributed by atoms with Crippen LogP contribution in [0.5, 0.6) is 0 Å². The van der Waals surface area contributed by atoms with E-state index in [1.807, 2.05) is 19.0 Å². The van der Waals surface area contributed by atoms with Crippen LogP contribution in [-0.4, -0.2) is 54.4 Å². The van der Waals surface area contributed by atoms with E-state index >= 15 is 0 Å². The van der Waals surface area contributed by atoms with Crippen molar-refractivity contribution in [1.29, 1.82) is 0 Å². The summed E-state index contributed by atoms with van der Waals surface area (Å²) in [5.41, 5.74) is 0.778. The number of halogens is 2. The molecule has 0 aliphatic carbocycles. The quantitative estimate of drug-likeness (QED) is 0.660. The molecule has 0 atom stereocenters. The molecule has 0 aliphatic heterocycles. The molecule has 0 radical (unpaired) electrons. The number of benzene rings is 1. The fourth-order valence-corrected chi connectivity index (χ4v) is 4.28. The molecule has 1 aromatic carbocycles. The standard InChI is InChI=1S/C17H24Cl2N4O2S/c1-13-20-17(12-22(13)4)26(24,25)23(9-5-8-21(2)3)11-14-6-7-15(18)16(19)10-14/h6-7,10,12H,5,8-9,11H2,1-4H3.